The third-order valence-corrected chi connectivity index (χ3v) is 7.75. The lowest BCUT2D eigenvalue weighted by molar-refractivity contribution is -0.687. The second-order valence-electron chi connectivity index (χ2n) is 10.1. The molecule has 0 unspecified atom stereocenters. The fourth-order valence-electron chi connectivity index (χ4n) is 6.95. The van der Waals surface area contributed by atoms with Gasteiger partial charge in [-0.1, -0.05) is 6.92 Å². The number of nitrogens with two attached hydrogens (primary N) is 1. The highest BCUT2D eigenvalue weighted by molar-refractivity contribution is 6.21. The van der Waals surface area contributed by atoms with Crippen molar-refractivity contribution in [3.05, 3.63) is 24.3 Å². The number of amides is 2. The van der Waals surface area contributed by atoms with Gasteiger partial charge in [-0.25, -0.2) is 4.90 Å². The number of nitrogens with zero attached hydrogens (tertiary/aromatic N) is 1. The first-order chi connectivity index (χ1) is 14.0. The number of hydrogen-bond donors (Lipinski definition) is 1. The summed E-state index contributed by atoms with van der Waals surface area (Å²) in [5, 5.41) is 2.20. The van der Waals surface area contributed by atoms with Gasteiger partial charge < -0.3 is 10.1 Å². The smallest absolute Gasteiger partial charge is 0.292 e. The Hall–Kier alpha value is -1.88. The number of imide groups is 1. The van der Waals surface area contributed by atoms with Gasteiger partial charge in [-0.05, 0) is 87.0 Å². The van der Waals surface area contributed by atoms with E-state index in [1.54, 1.807) is 0 Å². The largest absolute Gasteiger partial charge is 0.494 e. The van der Waals surface area contributed by atoms with E-state index in [0.29, 0.717) is 24.1 Å². The van der Waals surface area contributed by atoms with Crippen molar-refractivity contribution >= 4 is 17.5 Å². The van der Waals surface area contributed by atoms with Crippen molar-refractivity contribution in [3.8, 4) is 5.75 Å². The molecular weight excluding hydrogens is 364 g/mol. The molecule has 1 saturated heterocycles. The van der Waals surface area contributed by atoms with Gasteiger partial charge in [-0.2, -0.15) is 0 Å². The van der Waals surface area contributed by atoms with Crippen LogP contribution >= 0.6 is 0 Å². The summed E-state index contributed by atoms with van der Waals surface area (Å²) in [5.41, 5.74) is 1.08. The number of benzene rings is 1. The molecule has 4 saturated carbocycles. The average Bonchev–Trinajstić information content (AvgIpc) is 2.98. The van der Waals surface area contributed by atoms with Crippen molar-refractivity contribution in [2.75, 3.05) is 18.1 Å². The maximum absolute atomic E-state index is 13.0. The summed E-state index contributed by atoms with van der Waals surface area (Å²) in [6.45, 7) is 3.75. The van der Waals surface area contributed by atoms with Crippen LogP contribution in [0.15, 0.2) is 24.3 Å². The van der Waals surface area contributed by atoms with Crippen LogP contribution in [-0.2, 0) is 9.59 Å². The topological polar surface area (TPSA) is 63.2 Å². The predicted molar refractivity (Wildman–Crippen MR) is 111 cm³/mol. The Bertz CT molecular complexity index is 753. The van der Waals surface area contributed by atoms with E-state index >= 15 is 0 Å². The maximum atomic E-state index is 13.0. The van der Waals surface area contributed by atoms with Crippen molar-refractivity contribution in [2.45, 2.75) is 64.3 Å². The minimum absolute atomic E-state index is 0.0537. The van der Waals surface area contributed by atoms with Crippen LogP contribution in [0.1, 0.15) is 58.3 Å². The Morgan fingerprint density at radius 3 is 2.24 bits per heavy atom. The first-order valence-corrected chi connectivity index (χ1v) is 11.5. The molecule has 2 amide bonds. The second kappa shape index (κ2) is 7.42. The normalized spacial score (nSPS) is 35.6. The van der Waals surface area contributed by atoms with E-state index in [-0.39, 0.29) is 17.9 Å². The molecule has 2 N–H and O–H groups in total. The zero-order valence-corrected chi connectivity index (χ0v) is 17.4. The quantitative estimate of drug-likeness (QED) is 0.720. The van der Waals surface area contributed by atoms with E-state index in [0.717, 1.165) is 36.5 Å². The number of carbonyl (C=O) groups is 2. The number of anilines is 1. The Kier molecular flexibility index (Phi) is 4.89. The third-order valence-electron chi connectivity index (χ3n) is 7.75. The van der Waals surface area contributed by atoms with E-state index in [4.69, 9.17) is 4.74 Å². The molecule has 4 bridgehead atoms. The monoisotopic (exact) mass is 397 g/mol. The Labute approximate surface area is 173 Å². The number of quaternary nitrogens is 1. The second-order valence-corrected chi connectivity index (χ2v) is 10.1. The first kappa shape index (κ1) is 19.1. The van der Waals surface area contributed by atoms with E-state index in [9.17, 15) is 9.59 Å². The first-order valence-electron chi connectivity index (χ1n) is 11.5. The molecule has 6 rings (SSSR count). The SMILES string of the molecule is CCCOc1ccc(N2C(=O)C[C@@H]([NH2+]CC34CC5CC(CC(C5)C3)C4)C2=O)cc1. The van der Waals surface area contributed by atoms with Crippen LogP contribution in [0.25, 0.3) is 0 Å². The molecular formula is C24H33N2O3+. The van der Waals surface area contributed by atoms with Crippen molar-refractivity contribution in [2.24, 2.45) is 23.2 Å². The van der Waals surface area contributed by atoms with Gasteiger partial charge in [0.25, 0.3) is 5.91 Å². The van der Waals surface area contributed by atoms with Crippen molar-refractivity contribution < 1.29 is 19.6 Å². The summed E-state index contributed by atoms with van der Waals surface area (Å²) >= 11 is 0. The number of ether oxygens (including phenoxy) is 1. The van der Waals surface area contributed by atoms with E-state index in [1.807, 2.05) is 24.3 Å². The predicted octanol–water partition coefficient (Wildman–Crippen LogP) is 2.89. The van der Waals surface area contributed by atoms with E-state index in [2.05, 4.69) is 12.2 Å². The minimum atomic E-state index is -0.258. The van der Waals surface area contributed by atoms with Gasteiger partial charge in [0.05, 0.1) is 25.3 Å². The molecule has 1 aromatic rings. The number of rotatable bonds is 7. The van der Waals surface area contributed by atoms with Gasteiger partial charge in [0, 0.05) is 5.41 Å². The van der Waals surface area contributed by atoms with Crippen LogP contribution in [0.2, 0.25) is 0 Å². The highest BCUT2D eigenvalue weighted by atomic mass is 16.5. The van der Waals surface area contributed by atoms with Crippen LogP contribution in [0.5, 0.6) is 5.75 Å². The standard InChI is InChI=1S/C24H32N2O3/c1-2-7-29-20-5-3-19(4-6-20)26-22(27)11-21(23(26)28)25-15-24-12-16-8-17(13-24)10-18(9-16)14-24/h3-6,16-18,21,25H,2,7-15H2,1H3/p+1/t16?,17?,18?,21-,24?/m1/s1. The highest BCUT2D eigenvalue weighted by Gasteiger charge is 2.53. The fourth-order valence-corrected chi connectivity index (χ4v) is 6.95. The van der Waals surface area contributed by atoms with E-state index < -0.39 is 0 Å². The van der Waals surface area contributed by atoms with Gasteiger partial charge in [0.1, 0.15) is 5.75 Å². The van der Waals surface area contributed by atoms with Gasteiger partial charge in [0.2, 0.25) is 5.91 Å². The van der Waals surface area contributed by atoms with Crippen LogP contribution in [0.3, 0.4) is 0 Å². The van der Waals surface area contributed by atoms with Crippen LogP contribution in [0, 0.1) is 23.2 Å². The minimum Gasteiger partial charge on any atom is -0.494 e. The maximum Gasteiger partial charge on any atom is 0.292 e. The van der Waals surface area contributed by atoms with Crippen LogP contribution < -0.4 is 15.0 Å². The molecule has 5 fully saturated rings. The molecule has 4 aliphatic carbocycles. The molecule has 5 nitrogen and oxygen atoms in total. The molecule has 1 aromatic carbocycles. The van der Waals surface area contributed by atoms with E-state index in [1.165, 1.54) is 43.4 Å². The molecule has 1 aliphatic heterocycles. The Morgan fingerprint density at radius 1 is 1.03 bits per heavy atom. The zero-order chi connectivity index (χ0) is 20.0. The third kappa shape index (κ3) is 3.58. The summed E-state index contributed by atoms with van der Waals surface area (Å²) in [6.07, 6.45) is 9.60. The summed E-state index contributed by atoms with van der Waals surface area (Å²) < 4.78 is 5.61. The Balaban J connectivity index is 1.23. The van der Waals surface area contributed by atoms with Gasteiger partial charge in [-0.3, -0.25) is 9.59 Å². The molecule has 1 atom stereocenters. The molecule has 156 valence electrons. The molecule has 5 heteroatoms. The van der Waals surface area contributed by atoms with Gasteiger partial charge >= 0.3 is 0 Å². The number of carbonyl (C=O) groups excluding carboxylic acids is 2. The summed E-state index contributed by atoms with van der Waals surface area (Å²) in [4.78, 5) is 27.0. The van der Waals surface area contributed by atoms with Crippen molar-refractivity contribution in [1.29, 1.82) is 0 Å². The molecule has 0 radical (unpaired) electrons. The Morgan fingerprint density at radius 2 is 1.66 bits per heavy atom. The number of hydrogen-bond acceptors (Lipinski definition) is 3. The van der Waals surface area contributed by atoms with Gasteiger partial charge in [0.15, 0.2) is 6.04 Å². The lowest BCUT2D eigenvalue weighted by Crippen LogP contribution is -2.94. The lowest BCUT2D eigenvalue weighted by atomic mass is 9.49. The molecule has 5 aliphatic rings. The van der Waals surface area contributed by atoms with Crippen LogP contribution in [0.4, 0.5) is 5.69 Å². The molecule has 1 heterocycles. The lowest BCUT2D eigenvalue weighted by Gasteiger charge is -2.56. The summed E-state index contributed by atoms with van der Waals surface area (Å²) in [6, 6.07) is 7.08. The molecule has 0 spiro atoms. The molecule has 29 heavy (non-hydrogen) atoms. The van der Waals surface area contributed by atoms with Gasteiger partial charge in [-0.15, -0.1) is 0 Å². The summed E-state index contributed by atoms with van der Waals surface area (Å²) in [7, 11) is 0. The van der Waals surface area contributed by atoms with Crippen molar-refractivity contribution in [3.63, 3.8) is 0 Å². The van der Waals surface area contributed by atoms with Crippen LogP contribution in [-0.4, -0.2) is 31.0 Å². The molecule has 0 aromatic heterocycles. The zero-order valence-electron chi connectivity index (χ0n) is 17.4. The summed E-state index contributed by atoms with van der Waals surface area (Å²) in [5.74, 6) is 3.40. The van der Waals surface area contributed by atoms with Crippen molar-refractivity contribution in [1.82, 2.24) is 0 Å². The fraction of sp³-hybridized carbons (Fsp3) is 0.667. The highest BCUT2D eigenvalue weighted by Crippen LogP contribution is 2.59. The average molecular weight is 398 g/mol.